The lowest BCUT2D eigenvalue weighted by molar-refractivity contribution is 0.433. The molecule has 0 amide bonds. The normalized spacial score (nSPS) is 20.5. The summed E-state index contributed by atoms with van der Waals surface area (Å²) < 4.78 is 1.31. The molecule has 0 spiro atoms. The van der Waals surface area contributed by atoms with Gasteiger partial charge in [-0.3, -0.25) is 9.36 Å². The Morgan fingerprint density at radius 1 is 1.08 bits per heavy atom. The van der Waals surface area contributed by atoms with Gasteiger partial charge in [0.05, 0.1) is 5.52 Å². The fraction of sp³-hybridized carbons (Fsp3) is 0.316. The van der Waals surface area contributed by atoms with Crippen LogP contribution in [0, 0.1) is 5.92 Å². The van der Waals surface area contributed by atoms with Crippen LogP contribution < -0.4 is 11.2 Å². The maximum atomic E-state index is 12.6. The number of rotatable bonds is 3. The summed E-state index contributed by atoms with van der Waals surface area (Å²) in [4.78, 5) is 31.7. The van der Waals surface area contributed by atoms with Crippen molar-refractivity contribution in [3.8, 4) is 0 Å². The van der Waals surface area contributed by atoms with E-state index in [1.54, 1.807) is 18.3 Å². The maximum Gasteiger partial charge on any atom is 0.328 e. The molecule has 1 aliphatic carbocycles. The molecule has 0 bridgehead atoms. The van der Waals surface area contributed by atoms with E-state index in [0.29, 0.717) is 29.4 Å². The lowest BCUT2D eigenvalue weighted by atomic mass is 9.96. The molecule has 1 fully saturated rings. The molecule has 5 nitrogen and oxygen atoms in total. The fourth-order valence-electron chi connectivity index (χ4n) is 3.77. The van der Waals surface area contributed by atoms with Gasteiger partial charge in [0.25, 0.3) is 5.56 Å². The SMILES string of the molecule is O=c1[nH]c2cccnc2c(=O)n1CC1CCC(c2ccccc2)C1. The average molecular weight is 321 g/mol. The van der Waals surface area contributed by atoms with Gasteiger partial charge in [0.2, 0.25) is 0 Å². The summed E-state index contributed by atoms with van der Waals surface area (Å²) in [5.74, 6) is 0.861. The Kier molecular flexibility index (Phi) is 3.76. The first kappa shape index (κ1) is 14.9. The lowest BCUT2D eigenvalue weighted by Gasteiger charge is -2.13. The molecule has 0 radical (unpaired) electrons. The van der Waals surface area contributed by atoms with Crippen LogP contribution in [0.15, 0.2) is 58.3 Å². The Morgan fingerprint density at radius 2 is 1.92 bits per heavy atom. The maximum absolute atomic E-state index is 12.6. The van der Waals surface area contributed by atoms with Gasteiger partial charge in [-0.05, 0) is 48.8 Å². The van der Waals surface area contributed by atoms with Gasteiger partial charge in [0.15, 0.2) is 5.52 Å². The third-order valence-corrected chi connectivity index (χ3v) is 5.00. The van der Waals surface area contributed by atoms with Crippen LogP contribution in [0.5, 0.6) is 0 Å². The van der Waals surface area contributed by atoms with Crippen LogP contribution in [-0.2, 0) is 6.54 Å². The van der Waals surface area contributed by atoms with Gasteiger partial charge >= 0.3 is 5.69 Å². The summed E-state index contributed by atoms with van der Waals surface area (Å²) in [6.07, 6.45) is 4.72. The highest BCUT2D eigenvalue weighted by atomic mass is 16.2. The second-order valence-corrected chi connectivity index (χ2v) is 6.53. The summed E-state index contributed by atoms with van der Waals surface area (Å²) in [5, 5.41) is 0. The predicted molar refractivity (Wildman–Crippen MR) is 93.1 cm³/mol. The van der Waals surface area contributed by atoms with E-state index in [1.807, 2.05) is 6.07 Å². The van der Waals surface area contributed by atoms with Crippen LogP contribution in [0.25, 0.3) is 11.0 Å². The Hall–Kier alpha value is -2.69. The Labute approximate surface area is 139 Å². The molecule has 1 aliphatic rings. The van der Waals surface area contributed by atoms with Crippen molar-refractivity contribution < 1.29 is 0 Å². The van der Waals surface area contributed by atoms with E-state index < -0.39 is 0 Å². The minimum absolute atomic E-state index is 0.294. The zero-order chi connectivity index (χ0) is 16.5. The minimum atomic E-state index is -0.344. The molecule has 2 unspecified atom stereocenters. The minimum Gasteiger partial charge on any atom is -0.305 e. The van der Waals surface area contributed by atoms with Crippen LogP contribution in [0.2, 0.25) is 0 Å². The van der Waals surface area contributed by atoms with Gasteiger partial charge in [0, 0.05) is 12.7 Å². The Bertz CT molecular complexity index is 975. The van der Waals surface area contributed by atoms with E-state index in [1.165, 1.54) is 10.1 Å². The number of fused-ring (bicyclic) bond motifs is 1. The van der Waals surface area contributed by atoms with Crippen molar-refractivity contribution >= 4 is 11.0 Å². The number of nitrogens with one attached hydrogen (secondary N) is 1. The van der Waals surface area contributed by atoms with Crippen LogP contribution in [0.1, 0.15) is 30.7 Å². The lowest BCUT2D eigenvalue weighted by Crippen LogP contribution is -2.37. The highest BCUT2D eigenvalue weighted by Gasteiger charge is 2.27. The number of hydrogen-bond acceptors (Lipinski definition) is 3. The molecule has 2 heterocycles. The fourth-order valence-corrected chi connectivity index (χ4v) is 3.77. The molecule has 122 valence electrons. The number of pyridine rings is 1. The van der Waals surface area contributed by atoms with Gasteiger partial charge in [-0.25, -0.2) is 9.78 Å². The molecule has 0 aliphatic heterocycles. The number of benzene rings is 1. The molecule has 2 atom stereocenters. The molecule has 1 saturated carbocycles. The second-order valence-electron chi connectivity index (χ2n) is 6.53. The molecular weight excluding hydrogens is 302 g/mol. The number of aromatic nitrogens is 3. The third-order valence-electron chi connectivity index (χ3n) is 5.00. The van der Waals surface area contributed by atoms with Gasteiger partial charge < -0.3 is 4.98 Å². The summed E-state index contributed by atoms with van der Waals surface area (Å²) in [6, 6.07) is 13.9. The van der Waals surface area contributed by atoms with Crippen LogP contribution in [0.4, 0.5) is 0 Å². The molecule has 2 aromatic heterocycles. The number of hydrogen-bond donors (Lipinski definition) is 1. The number of aromatic amines is 1. The zero-order valence-electron chi connectivity index (χ0n) is 13.3. The van der Waals surface area contributed by atoms with Gasteiger partial charge in [-0.15, -0.1) is 0 Å². The van der Waals surface area contributed by atoms with Crippen molar-refractivity contribution in [1.82, 2.24) is 14.5 Å². The van der Waals surface area contributed by atoms with E-state index >= 15 is 0 Å². The molecule has 1 aromatic carbocycles. The summed E-state index contributed by atoms with van der Waals surface area (Å²) in [7, 11) is 0. The van der Waals surface area contributed by atoms with Crippen molar-refractivity contribution in [2.24, 2.45) is 5.92 Å². The highest BCUT2D eigenvalue weighted by Crippen LogP contribution is 2.38. The van der Waals surface area contributed by atoms with E-state index in [-0.39, 0.29) is 11.2 Å². The van der Waals surface area contributed by atoms with E-state index in [0.717, 1.165) is 19.3 Å². The van der Waals surface area contributed by atoms with Crippen molar-refractivity contribution in [2.75, 3.05) is 0 Å². The molecule has 4 rings (SSSR count). The first-order valence-corrected chi connectivity index (χ1v) is 8.35. The van der Waals surface area contributed by atoms with E-state index in [4.69, 9.17) is 0 Å². The number of H-pyrrole nitrogens is 1. The zero-order valence-corrected chi connectivity index (χ0v) is 13.3. The second kappa shape index (κ2) is 6.07. The van der Waals surface area contributed by atoms with Gasteiger partial charge in [-0.1, -0.05) is 30.3 Å². The molecule has 1 N–H and O–H groups in total. The third kappa shape index (κ3) is 2.66. The predicted octanol–water partition coefficient (Wildman–Crippen LogP) is 2.67. The van der Waals surface area contributed by atoms with Crippen molar-refractivity contribution in [1.29, 1.82) is 0 Å². The highest BCUT2D eigenvalue weighted by molar-refractivity contribution is 5.71. The topological polar surface area (TPSA) is 67.8 Å². The Morgan fingerprint density at radius 3 is 2.75 bits per heavy atom. The van der Waals surface area contributed by atoms with Crippen molar-refractivity contribution in [3.63, 3.8) is 0 Å². The van der Waals surface area contributed by atoms with E-state index in [2.05, 4.69) is 34.2 Å². The molecule has 24 heavy (non-hydrogen) atoms. The van der Waals surface area contributed by atoms with Crippen LogP contribution >= 0.6 is 0 Å². The smallest absolute Gasteiger partial charge is 0.305 e. The quantitative estimate of drug-likeness (QED) is 0.806. The van der Waals surface area contributed by atoms with E-state index in [9.17, 15) is 9.59 Å². The molecule has 5 heteroatoms. The first-order chi connectivity index (χ1) is 11.7. The van der Waals surface area contributed by atoms with Crippen molar-refractivity contribution in [2.45, 2.75) is 31.7 Å². The van der Waals surface area contributed by atoms with Gasteiger partial charge in [-0.2, -0.15) is 0 Å². The number of nitrogens with zero attached hydrogens (tertiary/aromatic N) is 2. The first-order valence-electron chi connectivity index (χ1n) is 8.35. The molecular formula is C19H19N3O2. The molecule has 0 saturated heterocycles. The largest absolute Gasteiger partial charge is 0.328 e. The Balaban J connectivity index is 1.60. The van der Waals surface area contributed by atoms with Gasteiger partial charge in [0.1, 0.15) is 0 Å². The van der Waals surface area contributed by atoms with Crippen molar-refractivity contribution in [3.05, 3.63) is 75.1 Å². The summed E-state index contributed by atoms with van der Waals surface area (Å²) in [5.41, 5.74) is 1.54. The van der Waals surface area contributed by atoms with Crippen LogP contribution in [-0.4, -0.2) is 14.5 Å². The average Bonchev–Trinajstić information content (AvgIpc) is 3.08. The van der Waals surface area contributed by atoms with Crippen LogP contribution in [0.3, 0.4) is 0 Å². The standard InChI is InChI=1S/C19H19N3O2/c23-18-17-16(7-4-10-20-17)21-19(24)22(18)12-13-8-9-15(11-13)14-5-2-1-3-6-14/h1-7,10,13,15H,8-9,11-12H2,(H,21,24). The molecule has 3 aromatic rings. The summed E-state index contributed by atoms with van der Waals surface area (Å²) >= 11 is 0. The monoisotopic (exact) mass is 321 g/mol. The summed E-state index contributed by atoms with van der Waals surface area (Å²) in [6.45, 7) is 0.462.